The first-order chi connectivity index (χ1) is 6.29. The molecular weight excluding hydrogens is 160 g/mol. The molecule has 2 aliphatic heterocycles. The van der Waals surface area contributed by atoms with Crippen molar-refractivity contribution >= 4 is 0 Å². The van der Waals surface area contributed by atoms with E-state index >= 15 is 0 Å². The standard InChI is InChI=1S/C11H22N2/c1-9-3-4-10(2)13(9)11-5-7-12-8-6-11/h9-12H,3-8H2,1-2H3/t9-,10?/m1/s1. The Balaban J connectivity index is 1.96. The molecule has 2 nitrogen and oxygen atoms in total. The van der Waals surface area contributed by atoms with E-state index in [2.05, 4.69) is 24.1 Å². The normalized spacial score (nSPS) is 38.3. The van der Waals surface area contributed by atoms with Crippen LogP contribution in [0.25, 0.3) is 0 Å². The van der Waals surface area contributed by atoms with Gasteiger partial charge in [0.2, 0.25) is 0 Å². The SMILES string of the molecule is CC1CC[C@@H](C)N1C1CCNCC1. The van der Waals surface area contributed by atoms with E-state index in [-0.39, 0.29) is 0 Å². The van der Waals surface area contributed by atoms with Crippen molar-refractivity contribution in [3.8, 4) is 0 Å². The Labute approximate surface area is 81.7 Å². The van der Waals surface area contributed by atoms with Gasteiger partial charge in [0, 0.05) is 18.1 Å². The van der Waals surface area contributed by atoms with Crippen molar-refractivity contribution in [3.63, 3.8) is 0 Å². The molecule has 2 fully saturated rings. The van der Waals surface area contributed by atoms with Crippen LogP contribution >= 0.6 is 0 Å². The molecular formula is C11H22N2. The van der Waals surface area contributed by atoms with Crippen LogP contribution in [0.4, 0.5) is 0 Å². The quantitative estimate of drug-likeness (QED) is 0.663. The molecule has 1 N–H and O–H groups in total. The fourth-order valence-corrected chi connectivity index (χ4v) is 3.04. The molecule has 13 heavy (non-hydrogen) atoms. The highest BCUT2D eigenvalue weighted by atomic mass is 15.2. The lowest BCUT2D eigenvalue weighted by Crippen LogP contribution is -2.47. The van der Waals surface area contributed by atoms with Crippen molar-refractivity contribution in [1.29, 1.82) is 0 Å². The molecule has 76 valence electrons. The van der Waals surface area contributed by atoms with Crippen LogP contribution in [-0.2, 0) is 0 Å². The maximum atomic E-state index is 3.44. The molecule has 2 saturated heterocycles. The van der Waals surface area contributed by atoms with Gasteiger partial charge in [0.15, 0.2) is 0 Å². The monoisotopic (exact) mass is 182 g/mol. The van der Waals surface area contributed by atoms with Gasteiger partial charge in [-0.1, -0.05) is 0 Å². The zero-order valence-electron chi connectivity index (χ0n) is 8.92. The Kier molecular flexibility index (Phi) is 2.89. The van der Waals surface area contributed by atoms with Gasteiger partial charge in [-0.25, -0.2) is 0 Å². The molecule has 2 heterocycles. The fraction of sp³-hybridized carbons (Fsp3) is 1.00. The van der Waals surface area contributed by atoms with Gasteiger partial charge in [0.05, 0.1) is 0 Å². The molecule has 2 aliphatic rings. The zero-order chi connectivity index (χ0) is 9.26. The van der Waals surface area contributed by atoms with Crippen LogP contribution in [-0.4, -0.2) is 36.1 Å². The Morgan fingerprint density at radius 3 is 2.00 bits per heavy atom. The molecule has 0 aliphatic carbocycles. The van der Waals surface area contributed by atoms with E-state index in [0.29, 0.717) is 0 Å². The van der Waals surface area contributed by atoms with Crippen LogP contribution in [0, 0.1) is 0 Å². The van der Waals surface area contributed by atoms with Gasteiger partial charge in [0.1, 0.15) is 0 Å². The molecule has 0 radical (unpaired) electrons. The number of hydrogen-bond acceptors (Lipinski definition) is 2. The summed E-state index contributed by atoms with van der Waals surface area (Å²) in [6.45, 7) is 7.23. The molecule has 0 bridgehead atoms. The van der Waals surface area contributed by atoms with Crippen molar-refractivity contribution < 1.29 is 0 Å². The van der Waals surface area contributed by atoms with Crippen molar-refractivity contribution in [2.24, 2.45) is 0 Å². The molecule has 0 aromatic heterocycles. The van der Waals surface area contributed by atoms with Gasteiger partial charge < -0.3 is 5.32 Å². The van der Waals surface area contributed by atoms with Gasteiger partial charge in [0.25, 0.3) is 0 Å². The van der Waals surface area contributed by atoms with Gasteiger partial charge in [-0.2, -0.15) is 0 Å². The number of nitrogens with zero attached hydrogens (tertiary/aromatic N) is 1. The predicted octanol–water partition coefficient (Wildman–Crippen LogP) is 1.61. The summed E-state index contributed by atoms with van der Waals surface area (Å²) in [5, 5.41) is 3.44. The number of rotatable bonds is 1. The smallest absolute Gasteiger partial charge is 0.0125 e. The Morgan fingerprint density at radius 1 is 0.923 bits per heavy atom. The number of nitrogens with one attached hydrogen (secondary N) is 1. The van der Waals surface area contributed by atoms with Crippen LogP contribution in [0.3, 0.4) is 0 Å². The third-order valence-corrected chi connectivity index (χ3v) is 3.75. The van der Waals surface area contributed by atoms with E-state index in [1.165, 1.54) is 38.8 Å². The predicted molar refractivity (Wildman–Crippen MR) is 55.9 cm³/mol. The van der Waals surface area contributed by atoms with Crippen LogP contribution in [0.15, 0.2) is 0 Å². The van der Waals surface area contributed by atoms with Crippen molar-refractivity contribution in [3.05, 3.63) is 0 Å². The van der Waals surface area contributed by atoms with E-state index in [1.54, 1.807) is 0 Å². The second-order valence-corrected chi connectivity index (χ2v) is 4.70. The highest BCUT2D eigenvalue weighted by Gasteiger charge is 2.33. The summed E-state index contributed by atoms with van der Waals surface area (Å²) in [6.07, 6.45) is 5.53. The molecule has 0 spiro atoms. The summed E-state index contributed by atoms with van der Waals surface area (Å²) in [6, 6.07) is 2.53. The molecule has 1 unspecified atom stereocenters. The second-order valence-electron chi connectivity index (χ2n) is 4.70. The number of piperidine rings is 1. The topological polar surface area (TPSA) is 15.3 Å². The summed E-state index contributed by atoms with van der Waals surface area (Å²) in [4.78, 5) is 2.76. The molecule has 2 atom stereocenters. The minimum absolute atomic E-state index is 0.832. The molecule has 0 aromatic carbocycles. The molecule has 2 rings (SSSR count). The minimum atomic E-state index is 0.832. The minimum Gasteiger partial charge on any atom is -0.317 e. The largest absolute Gasteiger partial charge is 0.317 e. The highest BCUT2D eigenvalue weighted by molar-refractivity contribution is 4.89. The summed E-state index contributed by atoms with van der Waals surface area (Å²) >= 11 is 0. The van der Waals surface area contributed by atoms with Gasteiger partial charge in [-0.05, 0) is 52.6 Å². The van der Waals surface area contributed by atoms with Crippen molar-refractivity contribution in [2.45, 2.75) is 57.7 Å². The molecule has 2 heteroatoms. The van der Waals surface area contributed by atoms with E-state index in [1.807, 2.05) is 0 Å². The summed E-state index contributed by atoms with van der Waals surface area (Å²) in [5.41, 5.74) is 0. The third-order valence-electron chi connectivity index (χ3n) is 3.75. The average Bonchev–Trinajstić information content (AvgIpc) is 2.48. The van der Waals surface area contributed by atoms with E-state index in [9.17, 15) is 0 Å². The van der Waals surface area contributed by atoms with Crippen LogP contribution < -0.4 is 5.32 Å². The summed E-state index contributed by atoms with van der Waals surface area (Å²) in [7, 11) is 0. The van der Waals surface area contributed by atoms with Crippen LogP contribution in [0.1, 0.15) is 39.5 Å². The van der Waals surface area contributed by atoms with Crippen LogP contribution in [0.5, 0.6) is 0 Å². The van der Waals surface area contributed by atoms with E-state index in [0.717, 1.165) is 18.1 Å². The lowest BCUT2D eigenvalue weighted by atomic mass is 10.0. The lowest BCUT2D eigenvalue weighted by molar-refractivity contribution is 0.118. The number of hydrogen-bond donors (Lipinski definition) is 1. The van der Waals surface area contributed by atoms with Gasteiger partial charge in [-0.3, -0.25) is 4.90 Å². The first-order valence-electron chi connectivity index (χ1n) is 5.77. The van der Waals surface area contributed by atoms with Gasteiger partial charge >= 0.3 is 0 Å². The molecule has 0 aromatic rings. The maximum Gasteiger partial charge on any atom is 0.0125 e. The summed E-state index contributed by atoms with van der Waals surface area (Å²) in [5.74, 6) is 0. The highest BCUT2D eigenvalue weighted by Crippen LogP contribution is 2.28. The maximum absolute atomic E-state index is 3.44. The third kappa shape index (κ3) is 1.89. The fourth-order valence-electron chi connectivity index (χ4n) is 3.04. The van der Waals surface area contributed by atoms with Gasteiger partial charge in [-0.15, -0.1) is 0 Å². The van der Waals surface area contributed by atoms with E-state index in [4.69, 9.17) is 0 Å². The zero-order valence-corrected chi connectivity index (χ0v) is 8.92. The van der Waals surface area contributed by atoms with Crippen molar-refractivity contribution in [1.82, 2.24) is 10.2 Å². The van der Waals surface area contributed by atoms with Crippen LogP contribution in [0.2, 0.25) is 0 Å². The number of likely N-dealkylation sites (tertiary alicyclic amines) is 1. The molecule has 0 amide bonds. The Hall–Kier alpha value is -0.0800. The molecule has 0 saturated carbocycles. The van der Waals surface area contributed by atoms with E-state index < -0.39 is 0 Å². The summed E-state index contributed by atoms with van der Waals surface area (Å²) < 4.78 is 0. The van der Waals surface area contributed by atoms with Crippen molar-refractivity contribution in [2.75, 3.05) is 13.1 Å². The first-order valence-corrected chi connectivity index (χ1v) is 5.77. The average molecular weight is 182 g/mol. The lowest BCUT2D eigenvalue weighted by Gasteiger charge is -2.37. The Bertz CT molecular complexity index is 153. The Morgan fingerprint density at radius 2 is 1.46 bits per heavy atom. The first kappa shape index (κ1) is 9.47. The second kappa shape index (κ2) is 3.97.